The molecular formula is C19H19NO2S. The van der Waals surface area contributed by atoms with Crippen LogP contribution in [0.4, 0.5) is 0 Å². The van der Waals surface area contributed by atoms with Crippen molar-refractivity contribution in [1.82, 2.24) is 4.31 Å². The van der Waals surface area contributed by atoms with Gasteiger partial charge in [-0.05, 0) is 37.0 Å². The molecule has 1 saturated carbocycles. The number of rotatable bonds is 3. The van der Waals surface area contributed by atoms with Crippen molar-refractivity contribution in [3.05, 3.63) is 78.0 Å². The fraction of sp³-hybridized carbons (Fsp3) is 0.263. The first kappa shape index (κ1) is 14.5. The van der Waals surface area contributed by atoms with Gasteiger partial charge < -0.3 is 0 Å². The molecular weight excluding hydrogens is 306 g/mol. The van der Waals surface area contributed by atoms with E-state index >= 15 is 0 Å². The third-order valence-electron chi connectivity index (χ3n) is 5.03. The number of hydrogen-bond acceptors (Lipinski definition) is 2. The van der Waals surface area contributed by atoms with E-state index < -0.39 is 10.0 Å². The Morgan fingerprint density at radius 3 is 2.43 bits per heavy atom. The fourth-order valence-electron chi connectivity index (χ4n) is 3.50. The molecule has 3 nitrogen and oxygen atoms in total. The molecule has 1 heterocycles. The van der Waals surface area contributed by atoms with Gasteiger partial charge in [0.2, 0.25) is 0 Å². The highest BCUT2D eigenvalue weighted by atomic mass is 32.2. The predicted octanol–water partition coefficient (Wildman–Crippen LogP) is 3.47. The molecule has 0 radical (unpaired) electrons. The summed E-state index contributed by atoms with van der Waals surface area (Å²) >= 11 is 0. The third-order valence-corrected chi connectivity index (χ3v) is 6.77. The van der Waals surface area contributed by atoms with Crippen molar-refractivity contribution in [3.63, 3.8) is 0 Å². The van der Waals surface area contributed by atoms with Gasteiger partial charge >= 0.3 is 0 Å². The van der Waals surface area contributed by atoms with Crippen LogP contribution in [0.2, 0.25) is 0 Å². The zero-order valence-electron chi connectivity index (χ0n) is 13.0. The number of benzene rings is 2. The summed E-state index contributed by atoms with van der Waals surface area (Å²) in [4.78, 5) is 0.357. The fourth-order valence-corrected chi connectivity index (χ4v) is 4.88. The Morgan fingerprint density at radius 2 is 1.74 bits per heavy atom. The minimum Gasteiger partial charge on any atom is -0.273 e. The highest BCUT2D eigenvalue weighted by Gasteiger charge is 2.57. The number of hydrogen-bond donors (Lipinski definition) is 0. The molecule has 4 rings (SSSR count). The quantitative estimate of drug-likeness (QED) is 0.866. The van der Waals surface area contributed by atoms with Crippen LogP contribution in [-0.2, 0) is 15.4 Å². The molecule has 0 amide bonds. The molecule has 23 heavy (non-hydrogen) atoms. The van der Waals surface area contributed by atoms with E-state index in [1.54, 1.807) is 18.3 Å². The van der Waals surface area contributed by atoms with Gasteiger partial charge in [0.1, 0.15) is 0 Å². The summed E-state index contributed by atoms with van der Waals surface area (Å²) in [5, 5.41) is 0. The molecule has 4 heteroatoms. The Bertz CT molecular complexity index is 856. The largest absolute Gasteiger partial charge is 0.273 e. The van der Waals surface area contributed by atoms with Crippen molar-refractivity contribution < 1.29 is 8.42 Å². The number of allylic oxidation sites excluding steroid dienone is 1. The van der Waals surface area contributed by atoms with Crippen LogP contribution in [0.5, 0.6) is 0 Å². The molecule has 1 aliphatic carbocycles. The maximum absolute atomic E-state index is 12.9. The lowest BCUT2D eigenvalue weighted by molar-refractivity contribution is 0.429. The second-order valence-electron chi connectivity index (χ2n) is 6.54. The van der Waals surface area contributed by atoms with Crippen molar-refractivity contribution in [1.29, 1.82) is 0 Å². The van der Waals surface area contributed by atoms with Crippen LogP contribution in [0.15, 0.2) is 71.8 Å². The van der Waals surface area contributed by atoms with Crippen LogP contribution in [0.3, 0.4) is 0 Å². The van der Waals surface area contributed by atoms with Crippen molar-refractivity contribution in [2.45, 2.75) is 23.7 Å². The molecule has 2 atom stereocenters. The standard InChI is InChI=1S/C19H19NO2S/c1-15-7-9-18(10-8-15)23(21,22)20-12-11-17-13-19(17,14-20)16-5-3-2-4-6-16/h2-12,17H,13-14H2,1H3. The van der Waals surface area contributed by atoms with Crippen LogP contribution in [0.1, 0.15) is 17.5 Å². The molecule has 0 N–H and O–H groups in total. The average molecular weight is 325 g/mol. The van der Waals surface area contributed by atoms with Crippen molar-refractivity contribution in [2.24, 2.45) is 5.92 Å². The molecule has 2 aromatic rings. The Balaban J connectivity index is 1.68. The van der Waals surface area contributed by atoms with Gasteiger partial charge in [-0.2, -0.15) is 0 Å². The van der Waals surface area contributed by atoms with Crippen LogP contribution < -0.4 is 0 Å². The summed E-state index contributed by atoms with van der Waals surface area (Å²) < 4.78 is 27.3. The van der Waals surface area contributed by atoms with E-state index in [-0.39, 0.29) is 5.41 Å². The number of fused-ring (bicyclic) bond motifs is 1. The van der Waals surface area contributed by atoms with Gasteiger partial charge in [-0.25, -0.2) is 8.42 Å². The topological polar surface area (TPSA) is 37.4 Å². The number of aryl methyl sites for hydroxylation is 1. The van der Waals surface area contributed by atoms with Gasteiger partial charge in [0.25, 0.3) is 10.0 Å². The first-order valence-corrected chi connectivity index (χ1v) is 9.29. The number of sulfonamides is 1. The maximum Gasteiger partial charge on any atom is 0.263 e. The zero-order chi connectivity index (χ0) is 16.1. The molecule has 0 saturated heterocycles. The van der Waals surface area contributed by atoms with E-state index in [2.05, 4.69) is 12.1 Å². The summed E-state index contributed by atoms with van der Waals surface area (Å²) in [5.41, 5.74) is 2.24. The smallest absolute Gasteiger partial charge is 0.263 e. The first-order valence-electron chi connectivity index (χ1n) is 7.85. The SMILES string of the molecule is Cc1ccc(S(=O)(=O)N2C=CC3CC3(c3ccccc3)C2)cc1. The summed E-state index contributed by atoms with van der Waals surface area (Å²) in [7, 11) is -3.48. The van der Waals surface area contributed by atoms with Gasteiger partial charge in [-0.1, -0.05) is 54.1 Å². The lowest BCUT2D eigenvalue weighted by Gasteiger charge is -2.30. The molecule has 0 aromatic heterocycles. The van der Waals surface area contributed by atoms with E-state index in [1.165, 1.54) is 9.87 Å². The monoisotopic (exact) mass is 325 g/mol. The van der Waals surface area contributed by atoms with Crippen LogP contribution in [0.25, 0.3) is 0 Å². The number of nitrogens with zero attached hydrogens (tertiary/aromatic N) is 1. The lowest BCUT2D eigenvalue weighted by atomic mass is 9.92. The second kappa shape index (κ2) is 4.96. The second-order valence-corrected chi connectivity index (χ2v) is 8.43. The third kappa shape index (κ3) is 2.29. The highest BCUT2D eigenvalue weighted by Crippen LogP contribution is 2.57. The normalized spacial score (nSPS) is 26.0. The molecule has 0 bridgehead atoms. The zero-order valence-corrected chi connectivity index (χ0v) is 13.8. The van der Waals surface area contributed by atoms with Crippen molar-refractivity contribution in [2.75, 3.05) is 6.54 Å². The van der Waals surface area contributed by atoms with E-state index in [4.69, 9.17) is 0 Å². The van der Waals surface area contributed by atoms with Gasteiger partial charge in [-0.15, -0.1) is 0 Å². The summed E-state index contributed by atoms with van der Waals surface area (Å²) in [6.07, 6.45) is 4.81. The van der Waals surface area contributed by atoms with Crippen LogP contribution in [0, 0.1) is 12.8 Å². The Hall–Kier alpha value is -2.07. The van der Waals surface area contributed by atoms with Crippen LogP contribution in [-0.4, -0.2) is 19.3 Å². The van der Waals surface area contributed by atoms with E-state index in [9.17, 15) is 8.42 Å². The first-order chi connectivity index (χ1) is 11.0. The Labute approximate surface area is 137 Å². The highest BCUT2D eigenvalue weighted by molar-refractivity contribution is 7.89. The van der Waals surface area contributed by atoms with Gasteiger partial charge in [-0.3, -0.25) is 4.31 Å². The molecule has 1 fully saturated rings. The van der Waals surface area contributed by atoms with Gasteiger partial charge in [0.05, 0.1) is 4.90 Å². The average Bonchev–Trinajstić information content (AvgIpc) is 3.31. The maximum atomic E-state index is 12.9. The summed E-state index contributed by atoms with van der Waals surface area (Å²) in [5.74, 6) is 0.453. The van der Waals surface area contributed by atoms with Gasteiger partial charge in [0, 0.05) is 18.2 Å². The van der Waals surface area contributed by atoms with Crippen LogP contribution >= 0.6 is 0 Å². The van der Waals surface area contributed by atoms with Crippen molar-refractivity contribution >= 4 is 10.0 Å². The molecule has 2 aliphatic rings. The molecule has 1 aliphatic heterocycles. The Kier molecular flexibility index (Phi) is 3.13. The molecule has 2 aromatic carbocycles. The van der Waals surface area contributed by atoms with E-state index in [1.807, 2.05) is 43.3 Å². The van der Waals surface area contributed by atoms with Gasteiger partial charge in [0.15, 0.2) is 0 Å². The molecule has 0 spiro atoms. The summed E-state index contributed by atoms with van der Waals surface area (Å²) in [6.45, 7) is 2.48. The molecule has 2 unspecified atom stereocenters. The lowest BCUT2D eigenvalue weighted by Crippen LogP contribution is -2.36. The predicted molar refractivity (Wildman–Crippen MR) is 90.4 cm³/mol. The minimum atomic E-state index is -3.48. The van der Waals surface area contributed by atoms with E-state index in [0.717, 1.165) is 12.0 Å². The summed E-state index contributed by atoms with van der Waals surface area (Å²) in [6, 6.07) is 17.3. The molecule has 118 valence electrons. The minimum absolute atomic E-state index is 0.0478. The Morgan fingerprint density at radius 1 is 1.04 bits per heavy atom. The van der Waals surface area contributed by atoms with E-state index in [0.29, 0.717) is 17.4 Å². The van der Waals surface area contributed by atoms with Crippen molar-refractivity contribution in [3.8, 4) is 0 Å².